The van der Waals surface area contributed by atoms with Crippen LogP contribution in [0.5, 0.6) is 0 Å². The molecule has 0 spiro atoms. The van der Waals surface area contributed by atoms with Crippen molar-refractivity contribution in [1.29, 1.82) is 0 Å². The van der Waals surface area contributed by atoms with Crippen LogP contribution in [-0.4, -0.2) is 62.0 Å². The van der Waals surface area contributed by atoms with Crippen molar-refractivity contribution in [2.45, 2.75) is 52.4 Å². The maximum Gasteiger partial charge on any atom is 0.281 e. The smallest absolute Gasteiger partial charge is 0.281 e. The quantitative estimate of drug-likeness (QED) is 0.781. The molecule has 3 unspecified atom stereocenters. The molecule has 0 radical (unpaired) electrons. The number of nitrogens with zero attached hydrogens (tertiary/aromatic N) is 2. The molecule has 0 bridgehead atoms. The Hall–Kier alpha value is -0.210. The number of nitrogens with two attached hydrogens (primary N) is 1. The van der Waals surface area contributed by atoms with E-state index in [2.05, 4.69) is 0 Å². The highest BCUT2D eigenvalue weighted by atomic mass is 32.2. The van der Waals surface area contributed by atoms with Gasteiger partial charge in [-0.3, -0.25) is 0 Å². The van der Waals surface area contributed by atoms with Crippen LogP contribution < -0.4 is 5.73 Å². The van der Waals surface area contributed by atoms with Gasteiger partial charge in [-0.15, -0.1) is 0 Å². The summed E-state index contributed by atoms with van der Waals surface area (Å²) in [6, 6.07) is 0.0233. The third-order valence-corrected chi connectivity index (χ3v) is 5.66. The molecule has 1 aliphatic heterocycles. The Balaban J connectivity index is 2.63. The van der Waals surface area contributed by atoms with E-state index in [0.717, 1.165) is 0 Å². The minimum atomic E-state index is -3.42. The van der Waals surface area contributed by atoms with Gasteiger partial charge >= 0.3 is 0 Å². The molecule has 20 heavy (non-hydrogen) atoms. The fourth-order valence-corrected chi connectivity index (χ4v) is 3.82. The second-order valence-corrected chi connectivity index (χ2v) is 8.14. The molecule has 1 saturated heterocycles. The van der Waals surface area contributed by atoms with E-state index < -0.39 is 10.2 Å². The fraction of sp³-hybridized carbons (Fsp3) is 1.00. The number of morpholine rings is 1. The van der Waals surface area contributed by atoms with Crippen LogP contribution >= 0.6 is 0 Å². The lowest BCUT2D eigenvalue weighted by Crippen LogP contribution is -2.52. The van der Waals surface area contributed by atoms with Crippen LogP contribution in [0.1, 0.15) is 34.1 Å². The van der Waals surface area contributed by atoms with E-state index in [4.69, 9.17) is 10.5 Å². The molecule has 0 saturated carbocycles. The Morgan fingerprint density at radius 3 is 2.25 bits per heavy atom. The van der Waals surface area contributed by atoms with Gasteiger partial charge in [-0.25, -0.2) is 0 Å². The van der Waals surface area contributed by atoms with Crippen molar-refractivity contribution in [3.63, 3.8) is 0 Å². The molecule has 0 aromatic heterocycles. The zero-order valence-electron chi connectivity index (χ0n) is 13.2. The van der Waals surface area contributed by atoms with Gasteiger partial charge in [0.25, 0.3) is 10.2 Å². The van der Waals surface area contributed by atoms with Crippen molar-refractivity contribution in [2.75, 3.05) is 26.7 Å². The molecule has 7 heteroatoms. The Kier molecular flexibility index (Phi) is 6.40. The molecule has 1 rings (SSSR count). The summed E-state index contributed by atoms with van der Waals surface area (Å²) in [5.74, 6) is 0.356. The van der Waals surface area contributed by atoms with Crippen LogP contribution in [0.25, 0.3) is 0 Å². The molecular formula is C13H29N3O3S. The van der Waals surface area contributed by atoms with E-state index in [1.165, 1.54) is 8.61 Å². The molecule has 0 aliphatic carbocycles. The molecular weight excluding hydrogens is 278 g/mol. The standard InChI is InChI=1S/C13H29N3O3S/c1-10(2)13(14)6-7-15(5)20(17,18)16-8-11(3)19-12(4)9-16/h10-13H,6-9,14H2,1-5H3. The molecule has 1 fully saturated rings. The fourth-order valence-electron chi connectivity index (χ4n) is 2.30. The zero-order valence-corrected chi connectivity index (χ0v) is 14.1. The van der Waals surface area contributed by atoms with Crippen molar-refractivity contribution in [1.82, 2.24) is 8.61 Å². The van der Waals surface area contributed by atoms with Crippen molar-refractivity contribution >= 4 is 10.2 Å². The highest BCUT2D eigenvalue weighted by Gasteiger charge is 2.33. The van der Waals surface area contributed by atoms with Crippen molar-refractivity contribution in [2.24, 2.45) is 11.7 Å². The van der Waals surface area contributed by atoms with E-state index in [1.54, 1.807) is 7.05 Å². The predicted octanol–water partition coefficient (Wildman–Crippen LogP) is 0.646. The summed E-state index contributed by atoms with van der Waals surface area (Å²) in [7, 11) is -1.80. The SMILES string of the molecule is CC1CN(S(=O)(=O)N(C)CCC(N)C(C)C)CC(C)O1. The lowest BCUT2D eigenvalue weighted by atomic mass is 10.0. The summed E-state index contributed by atoms with van der Waals surface area (Å²) in [4.78, 5) is 0. The van der Waals surface area contributed by atoms with Gasteiger partial charge in [0.05, 0.1) is 12.2 Å². The number of hydrogen-bond acceptors (Lipinski definition) is 4. The van der Waals surface area contributed by atoms with E-state index >= 15 is 0 Å². The van der Waals surface area contributed by atoms with Gasteiger partial charge in [-0.1, -0.05) is 13.8 Å². The molecule has 0 aromatic rings. The van der Waals surface area contributed by atoms with Crippen LogP contribution in [0.15, 0.2) is 0 Å². The third-order valence-electron chi connectivity index (χ3n) is 3.74. The van der Waals surface area contributed by atoms with E-state index in [1.807, 2.05) is 27.7 Å². The molecule has 3 atom stereocenters. The summed E-state index contributed by atoms with van der Waals surface area (Å²) in [6.45, 7) is 9.15. The van der Waals surface area contributed by atoms with Crippen LogP contribution in [0.3, 0.4) is 0 Å². The monoisotopic (exact) mass is 307 g/mol. The highest BCUT2D eigenvalue weighted by molar-refractivity contribution is 7.86. The predicted molar refractivity (Wildman–Crippen MR) is 80.6 cm³/mol. The van der Waals surface area contributed by atoms with Crippen molar-refractivity contribution in [3.05, 3.63) is 0 Å². The average Bonchev–Trinajstić information content (AvgIpc) is 2.33. The van der Waals surface area contributed by atoms with Crippen LogP contribution in [0.4, 0.5) is 0 Å². The molecule has 1 heterocycles. The van der Waals surface area contributed by atoms with Crippen LogP contribution in [0.2, 0.25) is 0 Å². The van der Waals surface area contributed by atoms with E-state index in [9.17, 15) is 8.42 Å². The Labute approximate surface area is 123 Å². The normalized spacial score (nSPS) is 27.2. The molecule has 2 N–H and O–H groups in total. The first-order valence-corrected chi connectivity index (χ1v) is 8.66. The first-order chi connectivity index (χ1) is 9.14. The van der Waals surface area contributed by atoms with Crippen molar-refractivity contribution in [3.8, 4) is 0 Å². The molecule has 120 valence electrons. The molecule has 0 aromatic carbocycles. The third kappa shape index (κ3) is 4.66. The lowest BCUT2D eigenvalue weighted by molar-refractivity contribution is -0.0453. The summed E-state index contributed by atoms with van der Waals surface area (Å²) in [5.41, 5.74) is 5.98. The van der Waals surface area contributed by atoms with Crippen LogP contribution in [-0.2, 0) is 14.9 Å². The van der Waals surface area contributed by atoms with Gasteiger partial charge in [0, 0.05) is 32.7 Å². The van der Waals surface area contributed by atoms with Gasteiger partial charge in [0.1, 0.15) is 0 Å². The Morgan fingerprint density at radius 1 is 1.30 bits per heavy atom. The topological polar surface area (TPSA) is 75.9 Å². The minimum absolute atomic E-state index is 0.0233. The van der Waals surface area contributed by atoms with Gasteiger partial charge in [0.15, 0.2) is 0 Å². The van der Waals surface area contributed by atoms with Crippen LogP contribution in [0, 0.1) is 5.92 Å². The largest absolute Gasteiger partial charge is 0.373 e. The minimum Gasteiger partial charge on any atom is -0.373 e. The summed E-state index contributed by atoms with van der Waals surface area (Å²) >= 11 is 0. The number of hydrogen-bond donors (Lipinski definition) is 1. The van der Waals surface area contributed by atoms with Gasteiger partial charge in [0.2, 0.25) is 0 Å². The second-order valence-electron chi connectivity index (χ2n) is 6.10. The summed E-state index contributed by atoms with van der Waals surface area (Å²) in [6.07, 6.45) is 0.530. The molecule has 1 aliphatic rings. The Morgan fingerprint density at radius 2 is 1.80 bits per heavy atom. The van der Waals surface area contributed by atoms with Gasteiger partial charge in [-0.05, 0) is 26.2 Å². The molecule has 6 nitrogen and oxygen atoms in total. The summed E-state index contributed by atoms with van der Waals surface area (Å²) < 4.78 is 33.5. The number of rotatable bonds is 6. The van der Waals surface area contributed by atoms with Crippen molar-refractivity contribution < 1.29 is 13.2 Å². The lowest BCUT2D eigenvalue weighted by Gasteiger charge is -2.36. The zero-order chi connectivity index (χ0) is 15.5. The van der Waals surface area contributed by atoms with Gasteiger partial charge in [-0.2, -0.15) is 17.0 Å². The first-order valence-electron chi connectivity index (χ1n) is 7.27. The molecule has 0 amide bonds. The highest BCUT2D eigenvalue weighted by Crippen LogP contribution is 2.17. The second kappa shape index (κ2) is 7.17. The maximum absolute atomic E-state index is 12.5. The summed E-state index contributed by atoms with van der Waals surface area (Å²) in [5, 5.41) is 0. The van der Waals surface area contributed by atoms with E-state index in [0.29, 0.717) is 32.0 Å². The Bertz CT molecular complexity index is 390. The average molecular weight is 307 g/mol. The van der Waals surface area contributed by atoms with E-state index in [-0.39, 0.29) is 18.2 Å². The maximum atomic E-state index is 12.5. The first kappa shape index (κ1) is 17.8. The number of ether oxygens (including phenoxy) is 1. The van der Waals surface area contributed by atoms with Gasteiger partial charge < -0.3 is 10.5 Å².